The number of rotatable bonds is 1. The van der Waals surface area contributed by atoms with E-state index in [2.05, 4.69) is 44.7 Å². The van der Waals surface area contributed by atoms with E-state index in [1.807, 2.05) is 73.8 Å². The number of hydrogen-bond donors (Lipinski definition) is 0. The molecule has 2 heteroatoms. The number of hydrogen-bond acceptors (Lipinski definition) is 1. The summed E-state index contributed by atoms with van der Waals surface area (Å²) in [4.78, 5) is 13.4. The summed E-state index contributed by atoms with van der Waals surface area (Å²) in [5.74, 6) is 6.36. The summed E-state index contributed by atoms with van der Waals surface area (Å²) in [5.41, 5.74) is 5.67. The average molecular weight is 392 g/mol. The average Bonchev–Trinajstić information content (AvgIpc) is 3.08. The fourth-order valence-electron chi connectivity index (χ4n) is 3.62. The maximum Gasteiger partial charge on any atom is 0.263 e. The molecule has 0 amide bonds. The second-order valence-electron chi connectivity index (χ2n) is 8.63. The van der Waals surface area contributed by atoms with E-state index in [0.717, 1.165) is 27.6 Å². The topological polar surface area (TPSA) is 22.0 Å². The zero-order valence-electron chi connectivity index (χ0n) is 17.9. The first-order chi connectivity index (χ1) is 14.3. The lowest BCUT2D eigenvalue weighted by atomic mass is 9.87. The minimum absolute atomic E-state index is 0.0627. The van der Waals surface area contributed by atoms with Crippen LogP contribution in [0.2, 0.25) is 0 Å². The molecule has 2 nitrogen and oxygen atoms in total. The van der Waals surface area contributed by atoms with Crippen molar-refractivity contribution < 1.29 is 4.79 Å². The van der Waals surface area contributed by atoms with Crippen LogP contribution in [0.15, 0.2) is 79.0 Å². The van der Waals surface area contributed by atoms with Gasteiger partial charge in [0.2, 0.25) is 0 Å². The number of benzene rings is 3. The quantitative estimate of drug-likeness (QED) is 0.347. The second-order valence-corrected chi connectivity index (χ2v) is 8.63. The molecule has 0 N–H and O–H groups in total. The third-order valence-electron chi connectivity index (χ3n) is 5.38. The molecule has 1 heterocycles. The Morgan fingerprint density at radius 3 is 2.23 bits per heavy atom. The van der Waals surface area contributed by atoms with Crippen LogP contribution in [0.25, 0.3) is 10.9 Å². The van der Waals surface area contributed by atoms with E-state index in [1.54, 1.807) is 4.57 Å². The zero-order valence-corrected chi connectivity index (χ0v) is 17.9. The Balaban J connectivity index is 1.70. The summed E-state index contributed by atoms with van der Waals surface area (Å²) in [6, 6.07) is 23.9. The molecular formula is C28H25NO. The van der Waals surface area contributed by atoms with Gasteiger partial charge in [0.1, 0.15) is 0 Å². The number of carbonyl (C=O) groups is 1. The number of aromatic nitrogens is 1. The van der Waals surface area contributed by atoms with Crippen LogP contribution in [-0.4, -0.2) is 10.5 Å². The zero-order chi connectivity index (χ0) is 21.3. The molecular weight excluding hydrogens is 366 g/mol. The van der Waals surface area contributed by atoms with Crippen LogP contribution < -0.4 is 0 Å². The van der Waals surface area contributed by atoms with Crippen molar-refractivity contribution in [3.05, 3.63) is 107 Å². The van der Waals surface area contributed by atoms with Gasteiger partial charge in [0.15, 0.2) is 0 Å². The van der Waals surface area contributed by atoms with E-state index in [9.17, 15) is 4.79 Å². The predicted octanol–water partition coefficient (Wildman–Crippen LogP) is 6.34. The first-order valence-corrected chi connectivity index (χ1v) is 10.2. The molecule has 0 aliphatic carbocycles. The van der Waals surface area contributed by atoms with Gasteiger partial charge in [0.05, 0.1) is 11.1 Å². The smallest absolute Gasteiger partial charge is 0.263 e. The lowest BCUT2D eigenvalue weighted by Crippen LogP contribution is -2.12. The minimum atomic E-state index is -0.0627. The van der Waals surface area contributed by atoms with Crippen molar-refractivity contribution in [2.75, 3.05) is 0 Å². The Hall–Kier alpha value is -3.57. The van der Waals surface area contributed by atoms with Crippen molar-refractivity contribution in [2.24, 2.45) is 0 Å². The van der Waals surface area contributed by atoms with Crippen LogP contribution in [0.5, 0.6) is 0 Å². The maximum absolute atomic E-state index is 13.4. The monoisotopic (exact) mass is 391 g/mol. The van der Waals surface area contributed by atoms with Crippen molar-refractivity contribution in [3.63, 3.8) is 0 Å². The summed E-state index contributed by atoms with van der Waals surface area (Å²) < 4.78 is 1.73. The van der Waals surface area contributed by atoms with Crippen LogP contribution in [0.1, 0.15) is 53.4 Å². The molecule has 0 aliphatic heterocycles. The Bertz CT molecular complexity index is 1290. The molecule has 3 aromatic carbocycles. The molecule has 4 aromatic rings. The first kappa shape index (κ1) is 19.7. The lowest BCUT2D eigenvalue weighted by Gasteiger charge is -2.18. The molecule has 4 rings (SSSR count). The van der Waals surface area contributed by atoms with Crippen LogP contribution in [0.3, 0.4) is 0 Å². The van der Waals surface area contributed by atoms with E-state index in [1.165, 1.54) is 5.56 Å². The van der Waals surface area contributed by atoms with E-state index in [0.29, 0.717) is 5.56 Å². The third kappa shape index (κ3) is 3.80. The Morgan fingerprint density at radius 1 is 0.833 bits per heavy atom. The molecule has 1 aromatic heterocycles. The molecule has 0 aliphatic rings. The minimum Gasteiger partial charge on any atom is -0.283 e. The van der Waals surface area contributed by atoms with Crippen molar-refractivity contribution in [3.8, 4) is 11.8 Å². The molecule has 0 saturated heterocycles. The highest BCUT2D eigenvalue weighted by Gasteiger charge is 2.16. The highest BCUT2D eigenvalue weighted by atomic mass is 16.2. The summed E-state index contributed by atoms with van der Waals surface area (Å²) in [7, 11) is 0. The van der Waals surface area contributed by atoms with E-state index in [4.69, 9.17) is 0 Å². The van der Waals surface area contributed by atoms with E-state index < -0.39 is 0 Å². The summed E-state index contributed by atoms with van der Waals surface area (Å²) in [6.07, 6.45) is 1.91. The summed E-state index contributed by atoms with van der Waals surface area (Å²) in [6.45, 7) is 8.62. The standard InChI is InChI=1S/C28H25NO/c1-20-19-29(26-12-8-7-10-24(20)26)27(30)25-11-6-5-9-22(25)16-13-21-14-17-23(18-15-21)28(2,3)4/h5-12,14-15,17-19H,1-4H3. The molecule has 0 radical (unpaired) electrons. The Labute approximate surface area is 178 Å². The normalized spacial score (nSPS) is 11.2. The van der Waals surface area contributed by atoms with Gasteiger partial charge in [-0.05, 0) is 53.8 Å². The lowest BCUT2D eigenvalue weighted by molar-refractivity contribution is 0.0964. The fourth-order valence-corrected chi connectivity index (χ4v) is 3.62. The van der Waals surface area contributed by atoms with Crippen LogP contribution in [0, 0.1) is 18.8 Å². The molecule has 0 saturated carbocycles. The van der Waals surface area contributed by atoms with Gasteiger partial charge in [-0.25, -0.2) is 0 Å². The van der Waals surface area contributed by atoms with Gasteiger partial charge < -0.3 is 0 Å². The number of nitrogens with zero attached hydrogens (tertiary/aromatic N) is 1. The van der Waals surface area contributed by atoms with E-state index >= 15 is 0 Å². The third-order valence-corrected chi connectivity index (χ3v) is 5.38. The molecule has 30 heavy (non-hydrogen) atoms. The van der Waals surface area contributed by atoms with E-state index in [-0.39, 0.29) is 11.3 Å². The number of fused-ring (bicyclic) bond motifs is 1. The first-order valence-electron chi connectivity index (χ1n) is 10.2. The molecule has 148 valence electrons. The molecule has 0 atom stereocenters. The second kappa shape index (κ2) is 7.69. The number of para-hydroxylation sites is 1. The van der Waals surface area contributed by atoms with Crippen LogP contribution in [-0.2, 0) is 5.41 Å². The predicted molar refractivity (Wildman–Crippen MR) is 124 cm³/mol. The Morgan fingerprint density at radius 2 is 1.50 bits per heavy atom. The van der Waals surface area contributed by atoms with Gasteiger partial charge in [-0.2, -0.15) is 0 Å². The SMILES string of the molecule is Cc1cn(C(=O)c2ccccc2C#Cc2ccc(C(C)(C)C)cc2)c2ccccc12. The van der Waals surface area contributed by atoms with Gasteiger partial charge in [-0.15, -0.1) is 0 Å². The van der Waals surface area contributed by atoms with Crippen molar-refractivity contribution in [2.45, 2.75) is 33.1 Å². The van der Waals surface area contributed by atoms with Gasteiger partial charge in [-0.1, -0.05) is 75.1 Å². The molecule has 0 fully saturated rings. The van der Waals surface area contributed by atoms with Gasteiger partial charge in [0, 0.05) is 22.7 Å². The largest absolute Gasteiger partial charge is 0.283 e. The molecule has 0 spiro atoms. The summed E-state index contributed by atoms with van der Waals surface area (Å²) >= 11 is 0. The molecule has 0 unspecified atom stereocenters. The van der Waals surface area contributed by atoms with Gasteiger partial charge in [0.25, 0.3) is 5.91 Å². The van der Waals surface area contributed by atoms with Crippen molar-refractivity contribution in [1.82, 2.24) is 4.57 Å². The van der Waals surface area contributed by atoms with Crippen molar-refractivity contribution in [1.29, 1.82) is 0 Å². The van der Waals surface area contributed by atoms with Gasteiger partial charge >= 0.3 is 0 Å². The highest BCUT2D eigenvalue weighted by Crippen LogP contribution is 2.23. The number of carbonyl (C=O) groups excluding carboxylic acids is 1. The summed E-state index contributed by atoms with van der Waals surface area (Å²) in [5, 5.41) is 1.09. The fraction of sp³-hybridized carbons (Fsp3) is 0.179. The maximum atomic E-state index is 13.4. The van der Waals surface area contributed by atoms with Crippen LogP contribution >= 0.6 is 0 Å². The van der Waals surface area contributed by atoms with Crippen molar-refractivity contribution >= 4 is 16.8 Å². The number of aryl methyl sites for hydroxylation is 1. The van der Waals surface area contributed by atoms with Gasteiger partial charge in [-0.3, -0.25) is 9.36 Å². The highest BCUT2D eigenvalue weighted by molar-refractivity contribution is 6.04. The van der Waals surface area contributed by atoms with Crippen LogP contribution in [0.4, 0.5) is 0 Å². The Kier molecular flexibility index (Phi) is 5.06. The molecule has 0 bridgehead atoms.